The van der Waals surface area contributed by atoms with Crippen molar-refractivity contribution >= 4 is 25.5 Å². The number of hydrogen-bond donors (Lipinski definition) is 2. The first-order valence-corrected chi connectivity index (χ1v) is 8.90. The molecule has 0 aliphatic carbocycles. The Balaban J connectivity index is 2.70. The molecule has 0 aliphatic heterocycles. The van der Waals surface area contributed by atoms with Crippen LogP contribution in [0.4, 0.5) is 5.69 Å². The number of sulfone groups is 1. The second-order valence-electron chi connectivity index (χ2n) is 3.95. The predicted octanol–water partition coefficient (Wildman–Crippen LogP) is -0.0684. The van der Waals surface area contributed by atoms with Crippen LogP contribution in [0, 0.1) is 0 Å². The lowest BCUT2D eigenvalue weighted by Crippen LogP contribution is -2.22. The van der Waals surface area contributed by atoms with Gasteiger partial charge in [0.15, 0.2) is 0 Å². The molecule has 18 heavy (non-hydrogen) atoms. The minimum absolute atomic E-state index is 0.376. The van der Waals surface area contributed by atoms with E-state index in [1.165, 1.54) is 0 Å². The normalized spacial score (nSPS) is 12.3. The van der Waals surface area contributed by atoms with Gasteiger partial charge in [0, 0.05) is 18.5 Å². The van der Waals surface area contributed by atoms with Crippen molar-refractivity contribution in [1.29, 1.82) is 0 Å². The van der Waals surface area contributed by atoms with Crippen LogP contribution in [0.5, 0.6) is 0 Å². The van der Waals surface area contributed by atoms with Crippen molar-refractivity contribution in [2.75, 3.05) is 22.5 Å². The number of sulfonamides is 1. The van der Waals surface area contributed by atoms with Gasteiger partial charge in [0.2, 0.25) is 10.0 Å². The zero-order valence-electron chi connectivity index (χ0n) is 9.96. The summed E-state index contributed by atoms with van der Waals surface area (Å²) in [4.78, 5) is 0. The van der Waals surface area contributed by atoms with Crippen LogP contribution in [0.2, 0.25) is 0 Å². The molecule has 0 saturated heterocycles. The minimum atomic E-state index is -3.65. The lowest BCUT2D eigenvalue weighted by atomic mass is 10.2. The molecule has 0 heterocycles. The Bertz CT molecular complexity index is 591. The summed E-state index contributed by atoms with van der Waals surface area (Å²) in [5.74, 6) is -0.853. The van der Waals surface area contributed by atoms with Gasteiger partial charge < -0.3 is 5.73 Å². The second kappa shape index (κ2) is 5.68. The highest BCUT2D eigenvalue weighted by molar-refractivity contribution is 7.95. The Hall–Kier alpha value is -1.12. The maximum absolute atomic E-state index is 11.6. The quantitative estimate of drug-likeness (QED) is 0.763. The number of benzene rings is 1. The van der Waals surface area contributed by atoms with E-state index in [9.17, 15) is 16.8 Å². The summed E-state index contributed by atoms with van der Waals surface area (Å²) >= 11 is 0. The van der Waals surface area contributed by atoms with Crippen LogP contribution < -0.4 is 10.5 Å². The molecule has 0 bridgehead atoms. The van der Waals surface area contributed by atoms with Crippen LogP contribution in [-0.2, 0) is 26.4 Å². The van der Waals surface area contributed by atoms with Gasteiger partial charge in [0.25, 0.3) is 0 Å². The van der Waals surface area contributed by atoms with E-state index in [1.807, 2.05) is 0 Å². The molecule has 102 valence electrons. The average Bonchev–Trinajstić information content (AvgIpc) is 2.26. The fraction of sp³-hybridized carbons (Fsp3) is 0.400. The molecule has 0 fully saturated rings. The van der Waals surface area contributed by atoms with Gasteiger partial charge in [0.05, 0.1) is 11.5 Å². The van der Waals surface area contributed by atoms with Gasteiger partial charge in [-0.15, -0.1) is 0 Å². The van der Waals surface area contributed by atoms with Crippen molar-refractivity contribution in [3.8, 4) is 0 Å². The molecule has 6 nitrogen and oxygen atoms in total. The first-order valence-electron chi connectivity index (χ1n) is 5.19. The largest absolute Gasteiger partial charge is 0.326 e. The Morgan fingerprint density at radius 1 is 1.06 bits per heavy atom. The molecule has 0 unspecified atom stereocenters. The number of nitrogens with two attached hydrogens (primary N) is 1. The zero-order chi connectivity index (χ0) is 13.8. The summed E-state index contributed by atoms with van der Waals surface area (Å²) in [5, 5.41) is 0. The van der Waals surface area contributed by atoms with Crippen LogP contribution in [0.1, 0.15) is 5.56 Å². The lowest BCUT2D eigenvalue weighted by molar-refractivity contribution is 0.593. The van der Waals surface area contributed by atoms with Gasteiger partial charge in [-0.2, -0.15) is 0 Å². The summed E-state index contributed by atoms with van der Waals surface area (Å²) in [6.07, 6.45) is 0.999. The van der Waals surface area contributed by atoms with Crippen molar-refractivity contribution in [1.82, 2.24) is 0 Å². The molecule has 0 atom stereocenters. The van der Waals surface area contributed by atoms with Gasteiger partial charge >= 0.3 is 0 Å². The lowest BCUT2D eigenvalue weighted by Gasteiger charge is -2.07. The number of hydrogen-bond acceptors (Lipinski definition) is 5. The molecule has 0 amide bonds. The summed E-state index contributed by atoms with van der Waals surface area (Å²) in [5.41, 5.74) is 6.69. The number of nitrogens with one attached hydrogen (secondary N) is 1. The van der Waals surface area contributed by atoms with Gasteiger partial charge in [-0.3, -0.25) is 4.72 Å². The summed E-state index contributed by atoms with van der Waals surface area (Å²) in [7, 11) is -6.94. The Morgan fingerprint density at radius 2 is 1.61 bits per heavy atom. The van der Waals surface area contributed by atoms with E-state index in [4.69, 9.17) is 5.73 Å². The topological polar surface area (TPSA) is 106 Å². The van der Waals surface area contributed by atoms with Gasteiger partial charge in [-0.25, -0.2) is 16.8 Å². The van der Waals surface area contributed by atoms with Crippen LogP contribution in [-0.4, -0.2) is 34.6 Å². The van der Waals surface area contributed by atoms with Crippen molar-refractivity contribution in [3.05, 3.63) is 29.8 Å². The molecule has 0 saturated carbocycles. The zero-order valence-corrected chi connectivity index (χ0v) is 11.6. The molecule has 0 radical (unpaired) electrons. The maximum atomic E-state index is 11.6. The van der Waals surface area contributed by atoms with E-state index in [-0.39, 0.29) is 0 Å². The number of anilines is 1. The van der Waals surface area contributed by atoms with Crippen molar-refractivity contribution in [2.45, 2.75) is 6.54 Å². The van der Waals surface area contributed by atoms with E-state index in [0.717, 1.165) is 11.8 Å². The maximum Gasteiger partial charge on any atom is 0.233 e. The average molecular weight is 292 g/mol. The molecular weight excluding hydrogens is 276 g/mol. The highest BCUT2D eigenvalue weighted by Gasteiger charge is 2.14. The molecule has 1 aromatic rings. The van der Waals surface area contributed by atoms with Crippen molar-refractivity contribution in [3.63, 3.8) is 0 Å². The third-order valence-corrected chi connectivity index (χ3v) is 4.68. The molecular formula is C10H16N2O4S2. The highest BCUT2D eigenvalue weighted by atomic mass is 32.2. The monoisotopic (exact) mass is 292 g/mol. The minimum Gasteiger partial charge on any atom is -0.326 e. The van der Waals surface area contributed by atoms with Crippen LogP contribution in [0.15, 0.2) is 24.3 Å². The van der Waals surface area contributed by atoms with Crippen molar-refractivity contribution < 1.29 is 16.8 Å². The van der Waals surface area contributed by atoms with Gasteiger partial charge in [-0.05, 0) is 17.7 Å². The standard InChI is InChI=1S/C10H16N2O4S2/c1-17(13,14)6-7-18(15,16)12-10-4-2-9(8-11)3-5-10/h2-5,12H,6-8,11H2,1H3. The molecule has 0 aromatic heterocycles. The van der Waals surface area contributed by atoms with E-state index in [0.29, 0.717) is 12.2 Å². The molecule has 1 aromatic carbocycles. The molecule has 0 spiro atoms. The molecule has 1 rings (SSSR count). The van der Waals surface area contributed by atoms with E-state index in [2.05, 4.69) is 4.72 Å². The summed E-state index contributed by atoms with van der Waals surface area (Å²) < 4.78 is 47.3. The first kappa shape index (κ1) is 14.9. The summed E-state index contributed by atoms with van der Waals surface area (Å²) in [6, 6.07) is 6.57. The van der Waals surface area contributed by atoms with Crippen LogP contribution >= 0.6 is 0 Å². The molecule has 0 aliphatic rings. The summed E-state index contributed by atoms with van der Waals surface area (Å²) in [6.45, 7) is 0.376. The highest BCUT2D eigenvalue weighted by Crippen LogP contribution is 2.11. The smallest absolute Gasteiger partial charge is 0.233 e. The SMILES string of the molecule is CS(=O)(=O)CCS(=O)(=O)Nc1ccc(CN)cc1. The molecule has 3 N–H and O–H groups in total. The predicted molar refractivity (Wildman–Crippen MR) is 71.5 cm³/mol. The third kappa shape index (κ3) is 5.48. The Labute approximate surface area is 107 Å². The van der Waals surface area contributed by atoms with E-state index < -0.39 is 31.4 Å². The fourth-order valence-electron chi connectivity index (χ4n) is 1.20. The van der Waals surface area contributed by atoms with Gasteiger partial charge in [-0.1, -0.05) is 12.1 Å². The Morgan fingerprint density at radius 3 is 2.06 bits per heavy atom. The third-order valence-electron chi connectivity index (χ3n) is 2.19. The number of rotatable bonds is 6. The van der Waals surface area contributed by atoms with Crippen molar-refractivity contribution in [2.24, 2.45) is 5.73 Å². The van der Waals surface area contributed by atoms with E-state index in [1.54, 1.807) is 24.3 Å². The first-order chi connectivity index (χ1) is 8.22. The van der Waals surface area contributed by atoms with Crippen LogP contribution in [0.25, 0.3) is 0 Å². The fourth-order valence-corrected chi connectivity index (χ4v) is 3.89. The van der Waals surface area contributed by atoms with Gasteiger partial charge in [0.1, 0.15) is 9.84 Å². The second-order valence-corrected chi connectivity index (χ2v) is 8.05. The Kier molecular flexibility index (Phi) is 4.71. The van der Waals surface area contributed by atoms with E-state index >= 15 is 0 Å². The van der Waals surface area contributed by atoms with Crippen LogP contribution in [0.3, 0.4) is 0 Å². The molecule has 8 heteroatoms.